The van der Waals surface area contributed by atoms with Crippen LogP contribution in [0, 0.1) is 5.92 Å². The Labute approximate surface area is 158 Å². The van der Waals surface area contributed by atoms with Crippen LogP contribution in [0.2, 0.25) is 0 Å². The quantitative estimate of drug-likeness (QED) is 0.845. The first-order chi connectivity index (χ1) is 10.7. The highest BCUT2D eigenvalue weighted by molar-refractivity contribution is 5.85. The Morgan fingerprint density at radius 1 is 1.12 bits per heavy atom. The number of hydrogen-bond donors (Lipinski definition) is 1. The zero-order valence-corrected chi connectivity index (χ0v) is 15.8. The van der Waals surface area contributed by atoms with Crippen molar-refractivity contribution in [1.82, 2.24) is 4.90 Å². The summed E-state index contributed by atoms with van der Waals surface area (Å²) in [6.45, 7) is 5.60. The average molecular weight is 402 g/mol. The highest BCUT2D eigenvalue weighted by Crippen LogP contribution is 2.31. The van der Waals surface area contributed by atoms with Crippen LogP contribution < -0.4 is 10.6 Å². The molecule has 1 aliphatic heterocycles. The fourth-order valence-corrected chi connectivity index (χ4v) is 2.58. The smallest absolute Gasteiger partial charge is 0.368 e. The highest BCUT2D eigenvalue weighted by Gasteiger charge is 2.31. The maximum atomic E-state index is 12.8. The normalized spacial score (nSPS) is 17.2. The van der Waals surface area contributed by atoms with Crippen molar-refractivity contribution in [3.63, 3.8) is 0 Å². The second-order valence-corrected chi connectivity index (χ2v) is 6.01. The van der Waals surface area contributed by atoms with Gasteiger partial charge in [-0.3, -0.25) is 4.79 Å². The number of carbonyl (C=O) groups excluding carboxylic acids is 1. The van der Waals surface area contributed by atoms with Crippen LogP contribution in [0.25, 0.3) is 0 Å². The fraction of sp³-hybridized carbons (Fsp3) is 0.562. The summed E-state index contributed by atoms with van der Waals surface area (Å²) in [5.74, 6) is -0.251. The predicted molar refractivity (Wildman–Crippen MR) is 97.5 cm³/mol. The minimum atomic E-state index is -4.35. The predicted octanol–water partition coefficient (Wildman–Crippen LogP) is 3.18. The van der Waals surface area contributed by atoms with Crippen molar-refractivity contribution < 1.29 is 18.0 Å². The molecule has 2 atom stereocenters. The third-order valence-electron chi connectivity index (χ3n) is 4.31. The van der Waals surface area contributed by atoms with Gasteiger partial charge in [0.15, 0.2) is 0 Å². The fourth-order valence-electron chi connectivity index (χ4n) is 2.58. The van der Waals surface area contributed by atoms with Crippen molar-refractivity contribution in [3.05, 3.63) is 29.8 Å². The van der Waals surface area contributed by atoms with Gasteiger partial charge in [-0.05, 0) is 25.1 Å². The summed E-state index contributed by atoms with van der Waals surface area (Å²) >= 11 is 0. The second-order valence-electron chi connectivity index (χ2n) is 6.01. The molecule has 144 valence electrons. The highest BCUT2D eigenvalue weighted by atomic mass is 35.5. The molecule has 25 heavy (non-hydrogen) atoms. The van der Waals surface area contributed by atoms with Crippen molar-refractivity contribution in [2.45, 2.75) is 26.1 Å². The Bertz CT molecular complexity index is 562. The van der Waals surface area contributed by atoms with Gasteiger partial charge in [-0.25, -0.2) is 0 Å². The minimum Gasteiger partial charge on any atom is -0.368 e. The third kappa shape index (κ3) is 5.94. The Balaban J connectivity index is 0.00000288. The summed E-state index contributed by atoms with van der Waals surface area (Å²) < 4.78 is 38.4. The molecule has 1 aliphatic rings. The maximum absolute atomic E-state index is 12.8. The zero-order chi connectivity index (χ0) is 17.2. The first-order valence-electron chi connectivity index (χ1n) is 7.66. The number of nitrogens with two attached hydrogens (primary N) is 1. The molecule has 1 fully saturated rings. The van der Waals surface area contributed by atoms with E-state index in [1.54, 1.807) is 24.8 Å². The number of piperazine rings is 1. The van der Waals surface area contributed by atoms with Gasteiger partial charge in [0, 0.05) is 37.9 Å². The molecule has 0 aliphatic carbocycles. The van der Waals surface area contributed by atoms with Gasteiger partial charge in [-0.1, -0.05) is 13.0 Å². The van der Waals surface area contributed by atoms with Crippen LogP contribution in [-0.4, -0.2) is 43.0 Å². The van der Waals surface area contributed by atoms with Gasteiger partial charge in [-0.2, -0.15) is 13.2 Å². The lowest BCUT2D eigenvalue weighted by atomic mass is 10.0. The van der Waals surface area contributed by atoms with Gasteiger partial charge < -0.3 is 15.5 Å². The summed E-state index contributed by atoms with van der Waals surface area (Å²) in [6, 6.07) is 5.07. The lowest BCUT2D eigenvalue weighted by Crippen LogP contribution is -2.52. The van der Waals surface area contributed by atoms with Crippen molar-refractivity contribution in [2.75, 3.05) is 31.1 Å². The minimum absolute atomic E-state index is 0. The first kappa shape index (κ1) is 23.8. The number of alkyl halides is 3. The van der Waals surface area contributed by atoms with E-state index in [4.69, 9.17) is 5.73 Å². The molecule has 0 bridgehead atoms. The molecule has 0 aromatic heterocycles. The molecular weight excluding hydrogens is 378 g/mol. The zero-order valence-electron chi connectivity index (χ0n) is 14.1. The van der Waals surface area contributed by atoms with Crippen molar-refractivity contribution in [1.29, 1.82) is 0 Å². The topological polar surface area (TPSA) is 49.6 Å². The number of anilines is 1. The largest absolute Gasteiger partial charge is 0.416 e. The Hall–Kier alpha value is -1.18. The van der Waals surface area contributed by atoms with Crippen LogP contribution in [0.3, 0.4) is 0 Å². The summed E-state index contributed by atoms with van der Waals surface area (Å²) in [5, 5.41) is 0. The Morgan fingerprint density at radius 3 is 2.16 bits per heavy atom. The van der Waals surface area contributed by atoms with Gasteiger partial charge in [0.1, 0.15) is 0 Å². The summed E-state index contributed by atoms with van der Waals surface area (Å²) in [7, 11) is 0. The molecule has 1 aromatic carbocycles. The summed E-state index contributed by atoms with van der Waals surface area (Å²) in [6.07, 6.45) is -4.35. The summed E-state index contributed by atoms with van der Waals surface area (Å²) in [5.41, 5.74) is 5.64. The molecule has 0 saturated carbocycles. The number of carbonyl (C=O) groups is 1. The molecule has 2 N–H and O–H groups in total. The van der Waals surface area contributed by atoms with Gasteiger partial charge in [-0.15, -0.1) is 24.8 Å². The molecule has 1 saturated heterocycles. The van der Waals surface area contributed by atoms with Crippen LogP contribution in [-0.2, 0) is 11.0 Å². The molecule has 1 heterocycles. The summed E-state index contributed by atoms with van der Waals surface area (Å²) in [4.78, 5) is 15.9. The lowest BCUT2D eigenvalue weighted by molar-refractivity contribution is -0.137. The number of halogens is 5. The standard InChI is InChI=1S/C16H22F3N3O.2ClH/c1-11(12(2)20)15(23)22-8-6-21(7-9-22)14-5-3-4-13(10-14)16(17,18)19;;/h3-5,10-12H,6-9,20H2,1-2H3;2*1H. The van der Waals surface area contributed by atoms with Gasteiger partial charge in [0.2, 0.25) is 5.91 Å². The number of rotatable bonds is 3. The van der Waals surface area contributed by atoms with E-state index >= 15 is 0 Å². The van der Waals surface area contributed by atoms with Crippen LogP contribution in [0.4, 0.5) is 18.9 Å². The molecule has 1 aromatic rings. The van der Waals surface area contributed by atoms with E-state index in [-0.39, 0.29) is 42.7 Å². The van der Waals surface area contributed by atoms with Gasteiger partial charge >= 0.3 is 6.18 Å². The second kappa shape index (κ2) is 9.50. The Morgan fingerprint density at radius 2 is 1.68 bits per heavy atom. The van der Waals surface area contributed by atoms with Crippen molar-refractivity contribution in [3.8, 4) is 0 Å². The van der Waals surface area contributed by atoms with E-state index in [1.165, 1.54) is 6.07 Å². The van der Waals surface area contributed by atoms with E-state index in [0.29, 0.717) is 31.9 Å². The number of hydrogen-bond acceptors (Lipinski definition) is 3. The van der Waals surface area contributed by atoms with Crippen LogP contribution in [0.1, 0.15) is 19.4 Å². The lowest BCUT2D eigenvalue weighted by Gasteiger charge is -2.37. The first-order valence-corrected chi connectivity index (χ1v) is 7.66. The van der Waals surface area contributed by atoms with Crippen LogP contribution in [0.15, 0.2) is 24.3 Å². The van der Waals surface area contributed by atoms with E-state index in [0.717, 1.165) is 12.1 Å². The van der Waals surface area contributed by atoms with Crippen LogP contribution in [0.5, 0.6) is 0 Å². The van der Waals surface area contributed by atoms with Crippen molar-refractivity contribution in [2.24, 2.45) is 11.7 Å². The van der Waals surface area contributed by atoms with E-state index in [9.17, 15) is 18.0 Å². The van der Waals surface area contributed by atoms with Gasteiger partial charge in [0.05, 0.1) is 11.5 Å². The molecule has 1 amide bonds. The molecular formula is C16H24Cl2F3N3O. The van der Waals surface area contributed by atoms with Crippen molar-refractivity contribution >= 4 is 36.4 Å². The number of amides is 1. The van der Waals surface area contributed by atoms with E-state index < -0.39 is 11.7 Å². The SMILES string of the molecule is CC(N)C(C)C(=O)N1CCN(c2cccc(C(F)(F)F)c2)CC1.Cl.Cl. The molecule has 0 radical (unpaired) electrons. The molecule has 9 heteroatoms. The Kier molecular flexibility index (Phi) is 9.05. The monoisotopic (exact) mass is 401 g/mol. The molecule has 4 nitrogen and oxygen atoms in total. The third-order valence-corrected chi connectivity index (χ3v) is 4.31. The van der Waals surface area contributed by atoms with Gasteiger partial charge in [0.25, 0.3) is 0 Å². The van der Waals surface area contributed by atoms with E-state index in [1.807, 2.05) is 4.90 Å². The molecule has 2 rings (SSSR count). The number of benzene rings is 1. The van der Waals surface area contributed by atoms with Crippen LogP contribution >= 0.6 is 24.8 Å². The number of nitrogens with zero attached hydrogens (tertiary/aromatic N) is 2. The van der Waals surface area contributed by atoms with E-state index in [2.05, 4.69) is 0 Å². The molecule has 2 unspecified atom stereocenters. The molecule has 0 spiro atoms. The average Bonchev–Trinajstić information content (AvgIpc) is 2.53. The maximum Gasteiger partial charge on any atom is 0.416 e.